The third-order valence-electron chi connectivity index (χ3n) is 2.14. The molecule has 2 rings (SSSR count). The minimum Gasteiger partial charge on any atom is -0.370 e. The minimum atomic E-state index is 0.730. The summed E-state index contributed by atoms with van der Waals surface area (Å²) < 4.78 is 0. The quantitative estimate of drug-likeness (QED) is 0.805. The van der Waals surface area contributed by atoms with Crippen molar-refractivity contribution in [2.24, 2.45) is 0 Å². The van der Waals surface area contributed by atoms with E-state index in [1.54, 1.807) is 0 Å². The SMILES string of the molecule is CCNc1nc(C)nc(Sc2ncn[nH]2)c1C. The van der Waals surface area contributed by atoms with E-state index in [0.29, 0.717) is 0 Å². The third-order valence-corrected chi connectivity index (χ3v) is 3.12. The van der Waals surface area contributed by atoms with Crippen LogP contribution in [0.15, 0.2) is 16.5 Å². The van der Waals surface area contributed by atoms with E-state index >= 15 is 0 Å². The van der Waals surface area contributed by atoms with Crippen LogP contribution in [0.2, 0.25) is 0 Å². The highest BCUT2D eigenvalue weighted by molar-refractivity contribution is 7.99. The van der Waals surface area contributed by atoms with Gasteiger partial charge in [-0.1, -0.05) is 0 Å². The summed E-state index contributed by atoms with van der Waals surface area (Å²) in [5, 5.41) is 11.5. The van der Waals surface area contributed by atoms with Gasteiger partial charge in [0.1, 0.15) is 23.0 Å². The molecule has 0 aliphatic rings. The van der Waals surface area contributed by atoms with Crippen LogP contribution >= 0.6 is 11.8 Å². The number of H-pyrrole nitrogens is 1. The molecule has 0 atom stereocenters. The maximum Gasteiger partial charge on any atom is 0.189 e. The summed E-state index contributed by atoms with van der Waals surface area (Å²) >= 11 is 1.45. The van der Waals surface area contributed by atoms with Crippen molar-refractivity contribution in [3.8, 4) is 0 Å². The smallest absolute Gasteiger partial charge is 0.189 e. The molecule has 90 valence electrons. The van der Waals surface area contributed by atoms with Gasteiger partial charge in [-0.25, -0.2) is 15.0 Å². The number of hydrogen-bond acceptors (Lipinski definition) is 6. The molecule has 0 saturated heterocycles. The van der Waals surface area contributed by atoms with Crippen molar-refractivity contribution in [2.45, 2.75) is 31.0 Å². The summed E-state index contributed by atoms with van der Waals surface area (Å²) in [5.74, 6) is 1.62. The van der Waals surface area contributed by atoms with E-state index in [1.807, 2.05) is 20.8 Å². The van der Waals surface area contributed by atoms with Gasteiger partial charge < -0.3 is 5.32 Å². The fourth-order valence-electron chi connectivity index (χ4n) is 1.38. The van der Waals surface area contributed by atoms with Gasteiger partial charge in [-0.05, 0) is 32.5 Å². The van der Waals surface area contributed by atoms with Gasteiger partial charge in [-0.15, -0.1) is 0 Å². The maximum atomic E-state index is 4.41. The summed E-state index contributed by atoms with van der Waals surface area (Å²) in [5.41, 5.74) is 1.03. The average Bonchev–Trinajstić information content (AvgIpc) is 2.78. The lowest BCUT2D eigenvalue weighted by Gasteiger charge is -2.10. The molecule has 17 heavy (non-hydrogen) atoms. The summed E-state index contributed by atoms with van der Waals surface area (Å²) in [6.45, 7) is 6.75. The van der Waals surface area contributed by atoms with Gasteiger partial charge in [-0.2, -0.15) is 5.10 Å². The molecule has 0 aromatic carbocycles. The molecular formula is C10H14N6S. The molecule has 0 unspecified atom stereocenters. The van der Waals surface area contributed by atoms with Crippen LogP contribution in [0.4, 0.5) is 5.82 Å². The van der Waals surface area contributed by atoms with Gasteiger partial charge in [0.2, 0.25) is 0 Å². The van der Waals surface area contributed by atoms with Gasteiger partial charge in [0.15, 0.2) is 5.16 Å². The third kappa shape index (κ3) is 2.73. The molecule has 0 bridgehead atoms. The summed E-state index contributed by atoms with van der Waals surface area (Å²) in [7, 11) is 0. The number of aromatic amines is 1. The summed E-state index contributed by atoms with van der Waals surface area (Å²) in [6, 6.07) is 0. The monoisotopic (exact) mass is 250 g/mol. The van der Waals surface area contributed by atoms with Crippen molar-refractivity contribution in [1.82, 2.24) is 25.1 Å². The lowest BCUT2D eigenvalue weighted by atomic mass is 10.3. The van der Waals surface area contributed by atoms with Crippen LogP contribution in [0.1, 0.15) is 18.3 Å². The molecule has 6 nitrogen and oxygen atoms in total. The summed E-state index contributed by atoms with van der Waals surface area (Å²) in [4.78, 5) is 12.9. The second-order valence-electron chi connectivity index (χ2n) is 3.47. The number of hydrogen-bond donors (Lipinski definition) is 2. The van der Waals surface area contributed by atoms with E-state index in [9.17, 15) is 0 Å². The van der Waals surface area contributed by atoms with Crippen LogP contribution < -0.4 is 5.32 Å². The average molecular weight is 250 g/mol. The first-order valence-electron chi connectivity index (χ1n) is 5.33. The Morgan fingerprint density at radius 3 is 2.82 bits per heavy atom. The molecule has 0 spiro atoms. The van der Waals surface area contributed by atoms with Crippen LogP contribution in [0.5, 0.6) is 0 Å². The Morgan fingerprint density at radius 1 is 1.35 bits per heavy atom. The second kappa shape index (κ2) is 5.13. The van der Waals surface area contributed by atoms with Crippen molar-refractivity contribution in [2.75, 3.05) is 11.9 Å². The number of aryl methyl sites for hydroxylation is 1. The van der Waals surface area contributed by atoms with Crippen molar-refractivity contribution < 1.29 is 0 Å². The normalized spacial score (nSPS) is 10.5. The number of nitrogens with zero attached hydrogens (tertiary/aromatic N) is 4. The zero-order valence-electron chi connectivity index (χ0n) is 9.98. The number of nitrogens with one attached hydrogen (secondary N) is 2. The second-order valence-corrected chi connectivity index (χ2v) is 4.45. The fourth-order valence-corrected chi connectivity index (χ4v) is 2.19. The van der Waals surface area contributed by atoms with Crippen LogP contribution in [0.3, 0.4) is 0 Å². The first kappa shape index (κ1) is 11.8. The maximum absolute atomic E-state index is 4.41. The Kier molecular flexibility index (Phi) is 3.58. The molecular weight excluding hydrogens is 236 g/mol. The Labute approximate surface area is 104 Å². The first-order chi connectivity index (χ1) is 8.20. The minimum absolute atomic E-state index is 0.730. The highest BCUT2D eigenvalue weighted by atomic mass is 32.2. The van der Waals surface area contributed by atoms with E-state index in [-0.39, 0.29) is 0 Å². The highest BCUT2D eigenvalue weighted by Gasteiger charge is 2.11. The van der Waals surface area contributed by atoms with E-state index in [0.717, 1.165) is 33.9 Å². The molecule has 0 saturated carbocycles. The van der Waals surface area contributed by atoms with Crippen molar-refractivity contribution >= 4 is 17.6 Å². The van der Waals surface area contributed by atoms with Gasteiger partial charge in [0, 0.05) is 12.1 Å². The molecule has 0 aliphatic heterocycles. The number of rotatable bonds is 4. The van der Waals surface area contributed by atoms with E-state index in [1.165, 1.54) is 18.1 Å². The molecule has 2 aromatic heterocycles. The zero-order valence-corrected chi connectivity index (χ0v) is 10.8. The largest absolute Gasteiger partial charge is 0.370 e. The fraction of sp³-hybridized carbons (Fsp3) is 0.400. The lowest BCUT2D eigenvalue weighted by Crippen LogP contribution is -2.05. The molecule has 7 heteroatoms. The Morgan fingerprint density at radius 2 is 2.18 bits per heavy atom. The molecule has 2 heterocycles. The Balaban J connectivity index is 2.32. The molecule has 0 radical (unpaired) electrons. The predicted molar refractivity (Wildman–Crippen MR) is 66.2 cm³/mol. The first-order valence-corrected chi connectivity index (χ1v) is 6.14. The van der Waals surface area contributed by atoms with E-state index in [4.69, 9.17) is 0 Å². The summed E-state index contributed by atoms with van der Waals surface area (Å²) in [6.07, 6.45) is 1.48. The van der Waals surface area contributed by atoms with Crippen LogP contribution in [-0.4, -0.2) is 31.7 Å². The zero-order chi connectivity index (χ0) is 12.3. The molecule has 0 fully saturated rings. The van der Waals surface area contributed by atoms with Crippen LogP contribution in [0.25, 0.3) is 0 Å². The highest BCUT2D eigenvalue weighted by Crippen LogP contribution is 2.28. The standard InChI is InChI=1S/C10H14N6S/c1-4-11-8-6(2)9(15-7(3)14-8)17-10-12-5-13-16-10/h5H,4H2,1-3H3,(H,11,14,15)(H,12,13,16). The van der Waals surface area contributed by atoms with Gasteiger partial charge in [0.05, 0.1) is 0 Å². The topological polar surface area (TPSA) is 79.4 Å². The van der Waals surface area contributed by atoms with E-state index < -0.39 is 0 Å². The number of aromatic nitrogens is 5. The molecule has 0 amide bonds. The van der Waals surface area contributed by atoms with Crippen LogP contribution in [-0.2, 0) is 0 Å². The Bertz CT molecular complexity index is 496. The van der Waals surface area contributed by atoms with Gasteiger partial charge >= 0.3 is 0 Å². The molecule has 2 aromatic rings. The lowest BCUT2D eigenvalue weighted by molar-refractivity contribution is 0.919. The van der Waals surface area contributed by atoms with Gasteiger partial charge in [-0.3, -0.25) is 5.10 Å². The molecule has 0 aliphatic carbocycles. The van der Waals surface area contributed by atoms with Crippen molar-refractivity contribution in [1.29, 1.82) is 0 Å². The predicted octanol–water partition coefficient (Wildman–Crippen LogP) is 1.79. The molecule has 2 N–H and O–H groups in total. The van der Waals surface area contributed by atoms with Gasteiger partial charge in [0.25, 0.3) is 0 Å². The van der Waals surface area contributed by atoms with E-state index in [2.05, 4.69) is 30.5 Å². The van der Waals surface area contributed by atoms with Crippen molar-refractivity contribution in [3.05, 3.63) is 17.7 Å². The van der Waals surface area contributed by atoms with Crippen LogP contribution in [0, 0.1) is 13.8 Å². The number of anilines is 1. The van der Waals surface area contributed by atoms with Crippen molar-refractivity contribution in [3.63, 3.8) is 0 Å². The Hall–Kier alpha value is -1.63.